The molecule has 0 amide bonds. The molecule has 0 unspecified atom stereocenters. The normalized spacial score (nSPS) is 11.5. The Kier molecular flexibility index (Phi) is 2.50. The molecule has 5 aromatic rings. The molecule has 3 heteroatoms. The van der Waals surface area contributed by atoms with Gasteiger partial charge < -0.3 is 4.98 Å². The summed E-state index contributed by atoms with van der Waals surface area (Å²) >= 11 is 0. The molecular weight excluding hydrogens is 282 g/mol. The zero-order valence-electron chi connectivity index (χ0n) is 12.3. The fourth-order valence-electron chi connectivity index (χ4n) is 3.31. The number of hydrogen-bond donors (Lipinski definition) is 1. The van der Waals surface area contributed by atoms with Crippen LogP contribution in [0.2, 0.25) is 0 Å². The van der Waals surface area contributed by atoms with E-state index in [9.17, 15) is 0 Å². The van der Waals surface area contributed by atoms with Crippen LogP contribution in [0, 0.1) is 0 Å². The Morgan fingerprint density at radius 1 is 0.783 bits per heavy atom. The zero-order chi connectivity index (χ0) is 15.2. The van der Waals surface area contributed by atoms with Gasteiger partial charge >= 0.3 is 0 Å². The lowest BCUT2D eigenvalue weighted by molar-refractivity contribution is 1.32. The zero-order valence-corrected chi connectivity index (χ0v) is 12.3. The largest absolute Gasteiger partial charge is 0.339 e. The summed E-state index contributed by atoms with van der Waals surface area (Å²) in [5.41, 5.74) is 5.33. The number of rotatable bonds is 1. The lowest BCUT2D eigenvalue weighted by Gasteiger charge is -2.08. The number of nitrogens with one attached hydrogen (secondary N) is 1. The van der Waals surface area contributed by atoms with Gasteiger partial charge in [-0.2, -0.15) is 0 Å². The van der Waals surface area contributed by atoms with E-state index in [0.29, 0.717) is 0 Å². The fourth-order valence-corrected chi connectivity index (χ4v) is 3.31. The van der Waals surface area contributed by atoms with Crippen LogP contribution in [0.3, 0.4) is 0 Å². The topological polar surface area (TPSA) is 41.6 Å². The van der Waals surface area contributed by atoms with E-state index in [0.717, 1.165) is 22.1 Å². The van der Waals surface area contributed by atoms with E-state index in [-0.39, 0.29) is 0 Å². The smallest absolute Gasteiger partial charge is 0.139 e. The van der Waals surface area contributed by atoms with Gasteiger partial charge in [0.25, 0.3) is 0 Å². The summed E-state index contributed by atoms with van der Waals surface area (Å²) in [6, 6.07) is 20.9. The third-order valence-corrected chi connectivity index (χ3v) is 4.30. The van der Waals surface area contributed by atoms with Gasteiger partial charge in [-0.25, -0.2) is 4.98 Å². The van der Waals surface area contributed by atoms with Gasteiger partial charge in [0.1, 0.15) is 5.65 Å². The molecule has 23 heavy (non-hydrogen) atoms. The highest BCUT2D eigenvalue weighted by atomic mass is 14.9. The molecule has 3 heterocycles. The van der Waals surface area contributed by atoms with Crippen molar-refractivity contribution in [1.82, 2.24) is 15.0 Å². The van der Waals surface area contributed by atoms with Crippen LogP contribution in [0.1, 0.15) is 0 Å². The molecule has 0 spiro atoms. The molecule has 1 N–H and O–H groups in total. The molecule has 0 saturated carbocycles. The Morgan fingerprint density at radius 3 is 2.52 bits per heavy atom. The highest BCUT2D eigenvalue weighted by molar-refractivity contribution is 6.19. The molecular formula is C20H13N3. The van der Waals surface area contributed by atoms with Crippen molar-refractivity contribution in [2.75, 3.05) is 0 Å². The van der Waals surface area contributed by atoms with Crippen LogP contribution in [0.25, 0.3) is 44.0 Å². The maximum Gasteiger partial charge on any atom is 0.139 e. The predicted octanol–water partition coefficient (Wildman–Crippen LogP) is 4.93. The summed E-state index contributed by atoms with van der Waals surface area (Å²) in [6.45, 7) is 0. The molecule has 0 aliphatic heterocycles. The number of H-pyrrole nitrogens is 1. The summed E-state index contributed by atoms with van der Waals surface area (Å²) in [6.07, 6.45) is 3.66. The lowest BCUT2D eigenvalue weighted by atomic mass is 9.97. The van der Waals surface area contributed by atoms with Crippen LogP contribution < -0.4 is 0 Å². The molecule has 0 bridgehead atoms. The molecule has 0 aliphatic rings. The number of hydrogen-bond acceptors (Lipinski definition) is 2. The van der Waals surface area contributed by atoms with E-state index in [1.54, 1.807) is 0 Å². The first kappa shape index (κ1) is 12.4. The number of para-hydroxylation sites is 1. The lowest BCUT2D eigenvalue weighted by Crippen LogP contribution is -1.88. The fraction of sp³-hybridized carbons (Fsp3) is 0. The van der Waals surface area contributed by atoms with E-state index in [4.69, 9.17) is 4.98 Å². The van der Waals surface area contributed by atoms with E-state index in [1.807, 2.05) is 30.6 Å². The molecule has 108 valence electrons. The Bertz CT molecular complexity index is 1160. The number of nitrogens with zero attached hydrogens (tertiary/aromatic N) is 2. The summed E-state index contributed by atoms with van der Waals surface area (Å²) in [4.78, 5) is 12.5. The maximum absolute atomic E-state index is 4.78. The Labute approximate surface area is 132 Å². The predicted molar refractivity (Wildman–Crippen MR) is 94.3 cm³/mol. The van der Waals surface area contributed by atoms with Crippen molar-refractivity contribution >= 4 is 32.8 Å². The van der Waals surface area contributed by atoms with E-state index in [2.05, 4.69) is 52.4 Å². The molecule has 3 aromatic heterocycles. The van der Waals surface area contributed by atoms with Gasteiger partial charge in [0, 0.05) is 33.4 Å². The van der Waals surface area contributed by atoms with Gasteiger partial charge in [0.15, 0.2) is 0 Å². The van der Waals surface area contributed by atoms with Gasteiger partial charge in [-0.15, -0.1) is 0 Å². The average molecular weight is 295 g/mol. The van der Waals surface area contributed by atoms with E-state index in [1.165, 1.54) is 21.9 Å². The molecule has 0 aliphatic carbocycles. The number of benzene rings is 2. The number of aromatic nitrogens is 3. The van der Waals surface area contributed by atoms with Gasteiger partial charge in [0.2, 0.25) is 0 Å². The molecule has 2 aromatic carbocycles. The van der Waals surface area contributed by atoms with E-state index < -0.39 is 0 Å². The van der Waals surface area contributed by atoms with Crippen LogP contribution in [0.15, 0.2) is 73.1 Å². The average Bonchev–Trinajstić information content (AvgIpc) is 2.98. The van der Waals surface area contributed by atoms with Gasteiger partial charge in [-0.05, 0) is 17.7 Å². The van der Waals surface area contributed by atoms with Crippen LogP contribution in [0.5, 0.6) is 0 Å². The molecule has 0 saturated heterocycles. The monoisotopic (exact) mass is 295 g/mol. The van der Waals surface area contributed by atoms with Crippen LogP contribution >= 0.6 is 0 Å². The third-order valence-electron chi connectivity index (χ3n) is 4.30. The molecule has 5 rings (SSSR count). The highest BCUT2D eigenvalue weighted by Crippen LogP contribution is 2.38. The van der Waals surface area contributed by atoms with Crippen molar-refractivity contribution in [1.29, 1.82) is 0 Å². The summed E-state index contributed by atoms with van der Waals surface area (Å²) in [7, 11) is 0. The first-order valence-electron chi connectivity index (χ1n) is 7.61. The summed E-state index contributed by atoms with van der Waals surface area (Å²) < 4.78 is 0. The van der Waals surface area contributed by atoms with Crippen molar-refractivity contribution in [3.8, 4) is 11.1 Å². The minimum absolute atomic E-state index is 0.908. The first-order valence-corrected chi connectivity index (χ1v) is 7.61. The van der Waals surface area contributed by atoms with Gasteiger partial charge in [-0.3, -0.25) is 4.98 Å². The Morgan fingerprint density at radius 2 is 1.61 bits per heavy atom. The summed E-state index contributed by atoms with van der Waals surface area (Å²) in [5, 5.41) is 3.50. The standard InChI is InChI=1S/C20H13N3/c1-2-6-13(7-3-1)18-15-10-11-21-12-17(15)23-20-19(18)14-8-4-5-9-16(14)22-20/h1-12H,(H,22,23). The highest BCUT2D eigenvalue weighted by Gasteiger charge is 2.15. The first-order chi connectivity index (χ1) is 11.4. The third kappa shape index (κ3) is 1.77. The van der Waals surface area contributed by atoms with Crippen molar-refractivity contribution in [2.24, 2.45) is 0 Å². The van der Waals surface area contributed by atoms with Gasteiger partial charge in [0.05, 0.1) is 11.7 Å². The second-order valence-corrected chi connectivity index (χ2v) is 5.64. The second-order valence-electron chi connectivity index (χ2n) is 5.64. The Hall–Kier alpha value is -3.20. The molecule has 0 fully saturated rings. The molecule has 0 atom stereocenters. The van der Waals surface area contributed by atoms with Crippen LogP contribution in [-0.4, -0.2) is 15.0 Å². The quantitative estimate of drug-likeness (QED) is 0.476. The van der Waals surface area contributed by atoms with Crippen molar-refractivity contribution in [3.63, 3.8) is 0 Å². The minimum atomic E-state index is 0.908. The number of fused-ring (bicyclic) bond motifs is 4. The minimum Gasteiger partial charge on any atom is -0.339 e. The summed E-state index contributed by atoms with van der Waals surface area (Å²) in [5.74, 6) is 0. The van der Waals surface area contributed by atoms with Crippen LogP contribution in [0.4, 0.5) is 0 Å². The van der Waals surface area contributed by atoms with Crippen molar-refractivity contribution in [3.05, 3.63) is 73.1 Å². The molecule has 0 radical (unpaired) electrons. The van der Waals surface area contributed by atoms with Gasteiger partial charge in [-0.1, -0.05) is 48.5 Å². The Balaban J connectivity index is 2.08. The van der Waals surface area contributed by atoms with Crippen molar-refractivity contribution < 1.29 is 0 Å². The number of pyridine rings is 2. The maximum atomic E-state index is 4.78. The molecule has 3 nitrogen and oxygen atoms in total. The second kappa shape index (κ2) is 4.65. The SMILES string of the molecule is c1ccc(-c2c3ccncc3nc3[nH]c4ccccc4c23)cc1. The van der Waals surface area contributed by atoms with E-state index >= 15 is 0 Å². The van der Waals surface area contributed by atoms with Crippen molar-refractivity contribution in [2.45, 2.75) is 0 Å². The number of aromatic amines is 1. The van der Waals surface area contributed by atoms with Crippen LogP contribution in [-0.2, 0) is 0 Å².